The lowest BCUT2D eigenvalue weighted by Gasteiger charge is -2.23. The monoisotopic (exact) mass is 452 g/mol. The fourth-order valence-corrected chi connectivity index (χ4v) is 5.44. The highest BCUT2D eigenvalue weighted by Crippen LogP contribution is 2.41. The van der Waals surface area contributed by atoms with Crippen molar-refractivity contribution in [3.8, 4) is 5.75 Å². The molecule has 0 aromatic heterocycles. The summed E-state index contributed by atoms with van der Waals surface area (Å²) in [5.41, 5.74) is 2.51. The van der Waals surface area contributed by atoms with Crippen LogP contribution in [0.1, 0.15) is 25.0 Å². The number of fused-ring (bicyclic) bond motifs is 1. The summed E-state index contributed by atoms with van der Waals surface area (Å²) in [6, 6.07) is 8.54. The highest BCUT2D eigenvalue weighted by atomic mass is 79.9. The molecule has 8 heteroatoms. The number of carbonyl (C=O) groups excluding carboxylic acids is 1. The third-order valence-electron chi connectivity index (χ3n) is 4.54. The molecule has 2 aromatic rings. The second-order valence-corrected chi connectivity index (χ2v) is 9.23. The van der Waals surface area contributed by atoms with Gasteiger partial charge in [0.25, 0.3) is 10.0 Å². The molecule has 2 aromatic carbocycles. The van der Waals surface area contributed by atoms with Gasteiger partial charge in [-0.1, -0.05) is 22.0 Å². The minimum Gasteiger partial charge on any atom is -0.495 e. The number of ether oxygens (including phenoxy) is 1. The average molecular weight is 453 g/mol. The Kier molecular flexibility index (Phi) is 5.22. The molecule has 0 spiro atoms. The Morgan fingerprint density at radius 1 is 1.30 bits per heavy atom. The lowest BCUT2D eigenvalue weighted by molar-refractivity contribution is -0.116. The van der Waals surface area contributed by atoms with E-state index in [0.29, 0.717) is 28.0 Å². The number of rotatable bonds is 4. The van der Waals surface area contributed by atoms with Gasteiger partial charge in [0.15, 0.2) is 0 Å². The number of sulfonamides is 1. The van der Waals surface area contributed by atoms with E-state index in [4.69, 9.17) is 4.74 Å². The van der Waals surface area contributed by atoms with Gasteiger partial charge in [0.05, 0.1) is 18.5 Å². The zero-order valence-electron chi connectivity index (χ0n) is 15.5. The first-order chi connectivity index (χ1) is 12.6. The van der Waals surface area contributed by atoms with Gasteiger partial charge in [-0.05, 0) is 55.7 Å². The molecule has 0 unspecified atom stereocenters. The van der Waals surface area contributed by atoms with Crippen LogP contribution in [0.3, 0.4) is 0 Å². The van der Waals surface area contributed by atoms with E-state index in [0.717, 1.165) is 11.1 Å². The lowest BCUT2D eigenvalue weighted by atomic mass is 10.1. The Balaban J connectivity index is 2.14. The quantitative estimate of drug-likeness (QED) is 0.763. The molecular formula is C19H21BrN2O4S. The molecule has 0 fully saturated rings. The summed E-state index contributed by atoms with van der Waals surface area (Å²) in [5, 5.41) is 0. The number of anilines is 2. The summed E-state index contributed by atoms with van der Waals surface area (Å²) in [6.07, 6.45) is 0.602. The van der Waals surface area contributed by atoms with E-state index in [-0.39, 0.29) is 16.8 Å². The second-order valence-electron chi connectivity index (χ2n) is 6.66. The van der Waals surface area contributed by atoms with Crippen molar-refractivity contribution in [3.05, 3.63) is 45.9 Å². The second kappa shape index (κ2) is 7.16. The van der Waals surface area contributed by atoms with Crippen molar-refractivity contribution in [2.45, 2.75) is 38.1 Å². The number of nitrogens with zero attached hydrogens (tertiary/aromatic N) is 1. The molecule has 1 aliphatic heterocycles. The number of halogens is 1. The normalized spacial score (nSPS) is 16.2. The first-order valence-electron chi connectivity index (χ1n) is 8.43. The molecule has 1 N–H and O–H groups in total. The van der Waals surface area contributed by atoms with Gasteiger partial charge in [-0.3, -0.25) is 9.52 Å². The van der Waals surface area contributed by atoms with Gasteiger partial charge in [0, 0.05) is 17.4 Å². The molecule has 3 rings (SSSR count). The van der Waals surface area contributed by atoms with Crippen LogP contribution in [0, 0.1) is 6.92 Å². The minimum absolute atomic E-state index is 0.0648. The van der Waals surface area contributed by atoms with Crippen LogP contribution in [-0.4, -0.2) is 27.5 Å². The molecule has 1 amide bonds. The number of methoxy groups -OCH3 is 1. The molecular weight excluding hydrogens is 432 g/mol. The topological polar surface area (TPSA) is 75.7 Å². The van der Waals surface area contributed by atoms with Crippen LogP contribution in [0.15, 0.2) is 39.7 Å². The zero-order chi connectivity index (χ0) is 19.9. The van der Waals surface area contributed by atoms with Crippen molar-refractivity contribution in [1.82, 2.24) is 0 Å². The van der Waals surface area contributed by atoms with Crippen molar-refractivity contribution in [3.63, 3.8) is 0 Å². The van der Waals surface area contributed by atoms with Crippen molar-refractivity contribution in [1.29, 1.82) is 0 Å². The molecule has 0 saturated carbocycles. The van der Waals surface area contributed by atoms with Crippen LogP contribution < -0.4 is 14.4 Å². The van der Waals surface area contributed by atoms with Crippen molar-refractivity contribution in [2.75, 3.05) is 16.7 Å². The SMILES string of the molecule is COc1ccc(C)cc1NS(=O)(=O)c1cc(Br)cc2c1N(C(C)=O)[C@H](C)C2. The Labute approximate surface area is 167 Å². The maximum absolute atomic E-state index is 13.2. The number of hydrogen-bond donors (Lipinski definition) is 1. The van der Waals surface area contributed by atoms with Gasteiger partial charge >= 0.3 is 0 Å². The number of aryl methyl sites for hydroxylation is 1. The van der Waals surface area contributed by atoms with E-state index in [1.54, 1.807) is 17.0 Å². The molecule has 0 radical (unpaired) electrons. The lowest BCUT2D eigenvalue weighted by Crippen LogP contribution is -2.34. The molecule has 1 heterocycles. The number of nitrogens with one attached hydrogen (secondary N) is 1. The van der Waals surface area contributed by atoms with Crippen LogP contribution in [0.4, 0.5) is 11.4 Å². The third kappa shape index (κ3) is 3.68. The molecule has 0 saturated heterocycles. The predicted molar refractivity (Wildman–Crippen MR) is 109 cm³/mol. The molecule has 1 atom stereocenters. The molecule has 0 bridgehead atoms. The van der Waals surface area contributed by atoms with E-state index in [1.165, 1.54) is 20.1 Å². The molecule has 1 aliphatic rings. The van der Waals surface area contributed by atoms with Gasteiger partial charge in [-0.25, -0.2) is 8.42 Å². The number of hydrogen-bond acceptors (Lipinski definition) is 4. The standard InChI is InChI=1S/C19H21BrN2O4S/c1-11-5-6-17(26-4)16(7-11)21-27(24,25)18-10-15(20)9-14-8-12(2)22(13(3)23)19(14)18/h5-7,9-10,12,21H,8H2,1-4H3/t12-/m1/s1. The van der Waals surface area contributed by atoms with Gasteiger partial charge in [0.1, 0.15) is 10.6 Å². The van der Waals surface area contributed by atoms with Crippen LogP contribution in [0.25, 0.3) is 0 Å². The van der Waals surface area contributed by atoms with E-state index in [1.807, 2.05) is 26.0 Å². The van der Waals surface area contributed by atoms with Gasteiger partial charge in [-0.2, -0.15) is 0 Å². The smallest absolute Gasteiger partial charge is 0.264 e. The summed E-state index contributed by atoms with van der Waals surface area (Å²) >= 11 is 3.39. The minimum atomic E-state index is -3.95. The Hall–Kier alpha value is -2.06. The number of benzene rings is 2. The highest BCUT2D eigenvalue weighted by molar-refractivity contribution is 9.10. The van der Waals surface area contributed by atoms with E-state index in [2.05, 4.69) is 20.7 Å². The van der Waals surface area contributed by atoms with Crippen LogP contribution >= 0.6 is 15.9 Å². The molecule has 27 heavy (non-hydrogen) atoms. The maximum Gasteiger partial charge on any atom is 0.264 e. The van der Waals surface area contributed by atoms with Crippen LogP contribution in [0.2, 0.25) is 0 Å². The van der Waals surface area contributed by atoms with Gasteiger partial charge < -0.3 is 9.64 Å². The van der Waals surface area contributed by atoms with Crippen molar-refractivity contribution >= 4 is 43.2 Å². The Bertz CT molecular complexity index is 1020. The summed E-state index contributed by atoms with van der Waals surface area (Å²) in [7, 11) is -2.47. The average Bonchev–Trinajstić information content (AvgIpc) is 2.89. The van der Waals surface area contributed by atoms with Gasteiger partial charge in [0.2, 0.25) is 5.91 Å². The number of carbonyl (C=O) groups is 1. The first-order valence-corrected chi connectivity index (χ1v) is 10.7. The summed E-state index contributed by atoms with van der Waals surface area (Å²) in [4.78, 5) is 13.8. The third-order valence-corrected chi connectivity index (χ3v) is 6.38. The largest absolute Gasteiger partial charge is 0.495 e. The fourth-order valence-electron chi connectivity index (χ4n) is 3.46. The zero-order valence-corrected chi connectivity index (χ0v) is 17.9. The summed E-state index contributed by atoms with van der Waals surface area (Å²) in [6.45, 7) is 5.22. The highest BCUT2D eigenvalue weighted by Gasteiger charge is 2.35. The van der Waals surface area contributed by atoms with E-state index >= 15 is 0 Å². The van der Waals surface area contributed by atoms with Crippen molar-refractivity contribution < 1.29 is 17.9 Å². The van der Waals surface area contributed by atoms with Crippen molar-refractivity contribution in [2.24, 2.45) is 0 Å². The Morgan fingerprint density at radius 3 is 2.63 bits per heavy atom. The van der Waals surface area contributed by atoms with Crippen LogP contribution in [-0.2, 0) is 21.2 Å². The Morgan fingerprint density at radius 2 is 2.00 bits per heavy atom. The molecule has 0 aliphatic carbocycles. The molecule has 144 valence electrons. The summed E-state index contributed by atoms with van der Waals surface area (Å²) in [5.74, 6) is 0.237. The van der Waals surface area contributed by atoms with Crippen LogP contribution in [0.5, 0.6) is 5.75 Å². The summed E-state index contributed by atoms with van der Waals surface area (Å²) < 4.78 is 35.0. The fraction of sp³-hybridized carbons (Fsp3) is 0.316. The van der Waals surface area contributed by atoms with E-state index < -0.39 is 10.0 Å². The molecule has 6 nitrogen and oxygen atoms in total. The predicted octanol–water partition coefficient (Wildman–Crippen LogP) is 3.86. The maximum atomic E-state index is 13.2. The number of amides is 1. The van der Waals surface area contributed by atoms with E-state index in [9.17, 15) is 13.2 Å². The first kappa shape index (κ1) is 19.7. The van der Waals surface area contributed by atoms with Gasteiger partial charge in [-0.15, -0.1) is 0 Å².